The van der Waals surface area contributed by atoms with Crippen LogP contribution in [0.3, 0.4) is 0 Å². The van der Waals surface area contributed by atoms with Crippen molar-refractivity contribution in [3.63, 3.8) is 0 Å². The fraction of sp³-hybridized carbons (Fsp3) is 0.250. The summed E-state index contributed by atoms with van der Waals surface area (Å²) in [6, 6.07) is 12.3. The van der Waals surface area contributed by atoms with Crippen LogP contribution in [0.1, 0.15) is 18.4 Å². The van der Waals surface area contributed by atoms with E-state index in [1.807, 2.05) is 30.3 Å². The van der Waals surface area contributed by atoms with Crippen LogP contribution < -0.4 is 5.32 Å². The van der Waals surface area contributed by atoms with Crippen molar-refractivity contribution in [2.45, 2.75) is 25.4 Å². The van der Waals surface area contributed by atoms with E-state index < -0.39 is 0 Å². The van der Waals surface area contributed by atoms with Crippen LogP contribution in [0.15, 0.2) is 36.4 Å². The van der Waals surface area contributed by atoms with Gasteiger partial charge in [0.05, 0.1) is 10.0 Å². The zero-order valence-electron chi connectivity index (χ0n) is 10.8. The van der Waals surface area contributed by atoms with Crippen LogP contribution in [0.4, 0.5) is 0 Å². The van der Waals surface area contributed by atoms with E-state index in [1.54, 1.807) is 0 Å². The molecule has 0 bridgehead atoms. The van der Waals surface area contributed by atoms with Crippen molar-refractivity contribution < 1.29 is 0 Å². The Labute approximate surface area is 133 Å². The van der Waals surface area contributed by atoms with Crippen LogP contribution in [-0.2, 0) is 6.54 Å². The number of hydrogen-bond donors (Lipinski definition) is 1. The molecule has 0 atom stereocenters. The summed E-state index contributed by atoms with van der Waals surface area (Å²) in [5, 5.41) is 5.38. The Bertz CT molecular complexity index is 636. The highest BCUT2D eigenvalue weighted by Crippen LogP contribution is 2.32. The monoisotopic (exact) mass is 325 g/mol. The molecule has 0 radical (unpaired) electrons. The molecule has 1 saturated carbocycles. The lowest BCUT2D eigenvalue weighted by molar-refractivity contribution is 0.689. The molecule has 0 aliphatic heterocycles. The summed E-state index contributed by atoms with van der Waals surface area (Å²) < 4.78 is 0. The first kappa shape index (κ1) is 14.2. The highest BCUT2D eigenvalue weighted by atomic mass is 35.5. The van der Waals surface area contributed by atoms with Crippen LogP contribution in [0.2, 0.25) is 15.1 Å². The lowest BCUT2D eigenvalue weighted by Gasteiger charge is -2.12. The van der Waals surface area contributed by atoms with Gasteiger partial charge in [0.2, 0.25) is 0 Å². The summed E-state index contributed by atoms with van der Waals surface area (Å²) in [7, 11) is 0. The molecule has 0 amide bonds. The number of halogens is 3. The van der Waals surface area contributed by atoms with Crippen LogP contribution >= 0.6 is 34.8 Å². The van der Waals surface area contributed by atoms with Gasteiger partial charge in [-0.25, -0.2) is 0 Å². The third-order valence-electron chi connectivity index (χ3n) is 3.46. The van der Waals surface area contributed by atoms with Crippen LogP contribution in [0, 0.1) is 0 Å². The van der Waals surface area contributed by atoms with Gasteiger partial charge in [-0.1, -0.05) is 46.9 Å². The van der Waals surface area contributed by atoms with Crippen molar-refractivity contribution in [3.05, 3.63) is 57.0 Å². The fourth-order valence-corrected chi connectivity index (χ4v) is 2.65. The summed E-state index contributed by atoms with van der Waals surface area (Å²) in [5.41, 5.74) is 3.36. The predicted octanol–water partition coefficient (Wildman–Crippen LogP) is 5.57. The van der Waals surface area contributed by atoms with Gasteiger partial charge in [0.25, 0.3) is 0 Å². The molecule has 0 unspecified atom stereocenters. The second kappa shape index (κ2) is 5.95. The molecule has 2 aromatic carbocycles. The number of benzene rings is 2. The highest BCUT2D eigenvalue weighted by molar-refractivity contribution is 6.42. The van der Waals surface area contributed by atoms with E-state index in [0.717, 1.165) is 22.7 Å². The van der Waals surface area contributed by atoms with Gasteiger partial charge in [-0.3, -0.25) is 0 Å². The van der Waals surface area contributed by atoms with Crippen molar-refractivity contribution in [2.24, 2.45) is 0 Å². The number of nitrogens with one attached hydrogen (secondary N) is 1. The zero-order chi connectivity index (χ0) is 14.1. The van der Waals surface area contributed by atoms with Crippen molar-refractivity contribution in [1.29, 1.82) is 0 Å². The molecule has 104 valence electrons. The molecule has 4 heteroatoms. The van der Waals surface area contributed by atoms with E-state index in [-0.39, 0.29) is 0 Å². The molecule has 1 N–H and O–H groups in total. The number of rotatable bonds is 4. The van der Waals surface area contributed by atoms with Crippen molar-refractivity contribution >= 4 is 34.8 Å². The normalized spacial score (nSPS) is 14.6. The van der Waals surface area contributed by atoms with Crippen LogP contribution in [0.25, 0.3) is 11.1 Å². The summed E-state index contributed by atoms with van der Waals surface area (Å²) in [6.07, 6.45) is 2.55. The molecule has 2 aromatic rings. The standard InChI is InChI=1S/C16H14Cl3N/c17-12-3-1-11(9-20-13-4-5-13)14(8-12)10-2-6-15(18)16(19)7-10/h1-3,6-8,13,20H,4-5,9H2. The summed E-state index contributed by atoms with van der Waals surface area (Å²) >= 11 is 18.2. The lowest BCUT2D eigenvalue weighted by Crippen LogP contribution is -2.15. The Morgan fingerprint density at radius 2 is 1.75 bits per heavy atom. The molecule has 1 fully saturated rings. The quantitative estimate of drug-likeness (QED) is 0.775. The van der Waals surface area contributed by atoms with E-state index in [4.69, 9.17) is 34.8 Å². The molecular weight excluding hydrogens is 313 g/mol. The Balaban J connectivity index is 1.96. The van der Waals surface area contributed by atoms with Gasteiger partial charge in [-0.15, -0.1) is 0 Å². The summed E-state index contributed by atoms with van der Waals surface area (Å²) in [6.45, 7) is 0.845. The minimum Gasteiger partial charge on any atom is -0.310 e. The Morgan fingerprint density at radius 1 is 0.950 bits per heavy atom. The van der Waals surface area contributed by atoms with Crippen molar-refractivity contribution in [1.82, 2.24) is 5.32 Å². The van der Waals surface area contributed by atoms with Gasteiger partial charge in [-0.05, 0) is 53.8 Å². The molecule has 1 nitrogen and oxygen atoms in total. The Kier molecular flexibility index (Phi) is 4.23. The predicted molar refractivity (Wildman–Crippen MR) is 86.8 cm³/mol. The third-order valence-corrected chi connectivity index (χ3v) is 4.44. The van der Waals surface area contributed by atoms with Gasteiger partial charge in [0, 0.05) is 17.6 Å². The minimum absolute atomic E-state index is 0.560. The molecule has 0 saturated heterocycles. The summed E-state index contributed by atoms with van der Waals surface area (Å²) in [5.74, 6) is 0. The first-order chi connectivity index (χ1) is 9.63. The maximum Gasteiger partial charge on any atom is 0.0598 e. The second-order valence-corrected chi connectivity index (χ2v) is 6.34. The maximum atomic E-state index is 6.13. The fourth-order valence-electron chi connectivity index (χ4n) is 2.18. The molecule has 1 aliphatic carbocycles. The average Bonchev–Trinajstić information content (AvgIpc) is 3.24. The van der Waals surface area contributed by atoms with E-state index in [1.165, 1.54) is 18.4 Å². The molecule has 3 rings (SSSR count). The Hall–Kier alpha value is -0.730. The van der Waals surface area contributed by atoms with Gasteiger partial charge in [0.15, 0.2) is 0 Å². The van der Waals surface area contributed by atoms with E-state index in [9.17, 15) is 0 Å². The van der Waals surface area contributed by atoms with E-state index >= 15 is 0 Å². The average molecular weight is 327 g/mol. The zero-order valence-corrected chi connectivity index (χ0v) is 13.1. The van der Waals surface area contributed by atoms with Gasteiger partial charge < -0.3 is 5.32 Å². The number of hydrogen-bond acceptors (Lipinski definition) is 1. The SMILES string of the molecule is Clc1ccc(CNC2CC2)c(-c2ccc(Cl)c(Cl)c2)c1. The largest absolute Gasteiger partial charge is 0.310 e. The van der Waals surface area contributed by atoms with Gasteiger partial charge in [-0.2, -0.15) is 0 Å². The van der Waals surface area contributed by atoms with Gasteiger partial charge >= 0.3 is 0 Å². The molecule has 20 heavy (non-hydrogen) atoms. The molecular formula is C16H14Cl3N. The van der Waals surface area contributed by atoms with E-state index in [0.29, 0.717) is 16.1 Å². The molecule has 1 aliphatic rings. The Morgan fingerprint density at radius 3 is 2.45 bits per heavy atom. The van der Waals surface area contributed by atoms with Crippen molar-refractivity contribution in [2.75, 3.05) is 0 Å². The second-order valence-electron chi connectivity index (χ2n) is 5.09. The summed E-state index contributed by atoms with van der Waals surface area (Å²) in [4.78, 5) is 0. The minimum atomic E-state index is 0.560. The first-order valence-electron chi connectivity index (χ1n) is 6.61. The van der Waals surface area contributed by atoms with Crippen LogP contribution in [0.5, 0.6) is 0 Å². The van der Waals surface area contributed by atoms with Gasteiger partial charge in [0.1, 0.15) is 0 Å². The molecule has 0 spiro atoms. The first-order valence-corrected chi connectivity index (χ1v) is 7.74. The van der Waals surface area contributed by atoms with E-state index in [2.05, 4.69) is 11.4 Å². The topological polar surface area (TPSA) is 12.0 Å². The van der Waals surface area contributed by atoms with Crippen molar-refractivity contribution in [3.8, 4) is 11.1 Å². The maximum absolute atomic E-state index is 6.13. The third kappa shape index (κ3) is 3.29. The molecule has 0 aromatic heterocycles. The lowest BCUT2D eigenvalue weighted by atomic mass is 9.99. The highest BCUT2D eigenvalue weighted by Gasteiger charge is 2.20. The molecule has 0 heterocycles. The van der Waals surface area contributed by atoms with Crippen LogP contribution in [-0.4, -0.2) is 6.04 Å². The smallest absolute Gasteiger partial charge is 0.0598 e.